The summed E-state index contributed by atoms with van der Waals surface area (Å²) in [6.45, 7) is 0.672. The molecule has 1 amide bonds. The molecule has 3 aromatic carbocycles. The average Bonchev–Trinajstić information content (AvgIpc) is 3.18. The number of amides is 1. The summed E-state index contributed by atoms with van der Waals surface area (Å²) in [5.41, 5.74) is 4.48. The number of nitrogens with zero attached hydrogens (tertiary/aromatic N) is 2. The smallest absolute Gasteiger partial charge is 0.262 e. The molecular weight excluding hydrogens is 465 g/mol. The van der Waals surface area contributed by atoms with Crippen LogP contribution in [0.2, 0.25) is 10.0 Å². The van der Waals surface area contributed by atoms with Gasteiger partial charge in [-0.05, 0) is 42.0 Å². The number of rotatable bonds is 4. The van der Waals surface area contributed by atoms with Gasteiger partial charge in [0.05, 0.1) is 33.7 Å². The number of hydrogen-bond acceptors (Lipinski definition) is 4. The second kappa shape index (κ2) is 8.82. The van der Waals surface area contributed by atoms with E-state index >= 15 is 0 Å². The molecule has 4 aromatic rings. The lowest BCUT2D eigenvalue weighted by Crippen LogP contribution is -2.25. The Morgan fingerprint density at radius 1 is 1.03 bits per heavy atom. The topological polar surface area (TPSA) is 55.6 Å². The van der Waals surface area contributed by atoms with Crippen molar-refractivity contribution in [1.82, 2.24) is 4.57 Å². The first-order chi connectivity index (χ1) is 15.6. The van der Waals surface area contributed by atoms with E-state index in [1.54, 1.807) is 12.1 Å². The Balaban J connectivity index is 1.63. The van der Waals surface area contributed by atoms with E-state index in [9.17, 15) is 4.79 Å². The fourth-order valence-corrected chi connectivity index (χ4v) is 4.70. The number of hydrogen-bond donors (Lipinski definition) is 1. The number of anilines is 1. The summed E-state index contributed by atoms with van der Waals surface area (Å²) >= 11 is 13.8. The monoisotopic (exact) mass is 481 g/mol. The molecule has 1 aromatic heterocycles. The first-order valence-corrected chi connectivity index (χ1v) is 11.5. The van der Waals surface area contributed by atoms with Crippen LogP contribution in [0.25, 0.3) is 11.3 Å². The molecule has 1 N–H and O–H groups in total. The average molecular weight is 482 g/mol. The summed E-state index contributed by atoms with van der Waals surface area (Å²) < 4.78 is 7.65. The maximum atomic E-state index is 11.8. The molecule has 0 bridgehead atoms. The van der Waals surface area contributed by atoms with Crippen molar-refractivity contribution in [2.45, 2.75) is 6.54 Å². The van der Waals surface area contributed by atoms with Gasteiger partial charge in [-0.3, -0.25) is 4.79 Å². The van der Waals surface area contributed by atoms with Gasteiger partial charge >= 0.3 is 0 Å². The Morgan fingerprint density at radius 2 is 1.88 bits per heavy atom. The van der Waals surface area contributed by atoms with Crippen LogP contribution in [0.15, 0.2) is 77.1 Å². The third kappa shape index (κ3) is 4.30. The van der Waals surface area contributed by atoms with Crippen LogP contribution < -0.4 is 14.9 Å². The van der Waals surface area contributed by atoms with E-state index < -0.39 is 0 Å². The molecule has 0 spiro atoms. The normalized spacial score (nSPS) is 13.4. The standard InChI is InChI=1S/C24H17Cl2N3O2S/c25-18-8-7-17(11-19(18)26)27-24-29(12-15-4-2-1-3-5-15)21(14-32-24)16-6-9-22-20(10-16)28-23(30)13-31-22/h1-11,14H,12-13H2,(H,28,30). The van der Waals surface area contributed by atoms with Gasteiger partial charge in [-0.15, -0.1) is 11.3 Å². The highest BCUT2D eigenvalue weighted by atomic mass is 35.5. The molecule has 0 radical (unpaired) electrons. The highest BCUT2D eigenvalue weighted by Gasteiger charge is 2.18. The van der Waals surface area contributed by atoms with Crippen LogP contribution in [0.4, 0.5) is 11.4 Å². The summed E-state index contributed by atoms with van der Waals surface area (Å²) in [5, 5.41) is 5.90. The molecule has 0 saturated carbocycles. The van der Waals surface area contributed by atoms with Gasteiger partial charge in [-0.25, -0.2) is 4.99 Å². The molecule has 160 valence electrons. The largest absolute Gasteiger partial charge is 0.482 e. The minimum absolute atomic E-state index is 0.0332. The number of halogens is 2. The number of carbonyl (C=O) groups is 1. The Hall–Kier alpha value is -3.06. The van der Waals surface area contributed by atoms with Gasteiger partial charge in [-0.2, -0.15) is 0 Å². The van der Waals surface area contributed by atoms with Crippen molar-refractivity contribution in [3.8, 4) is 17.0 Å². The third-order valence-corrected chi connectivity index (χ3v) is 6.62. The minimum atomic E-state index is -0.160. The summed E-state index contributed by atoms with van der Waals surface area (Å²) in [6.07, 6.45) is 0. The van der Waals surface area contributed by atoms with Gasteiger partial charge in [0.1, 0.15) is 5.75 Å². The van der Waals surface area contributed by atoms with E-state index in [2.05, 4.69) is 27.4 Å². The molecule has 8 heteroatoms. The van der Waals surface area contributed by atoms with Crippen molar-refractivity contribution in [2.24, 2.45) is 4.99 Å². The zero-order valence-corrected chi connectivity index (χ0v) is 19.0. The van der Waals surface area contributed by atoms with E-state index in [0.29, 0.717) is 28.0 Å². The molecule has 0 atom stereocenters. The number of ether oxygens (including phenoxy) is 1. The van der Waals surface area contributed by atoms with Crippen LogP contribution in [0, 0.1) is 0 Å². The van der Waals surface area contributed by atoms with Crippen molar-refractivity contribution >= 4 is 51.8 Å². The van der Waals surface area contributed by atoms with Crippen LogP contribution in [-0.4, -0.2) is 17.1 Å². The van der Waals surface area contributed by atoms with Crippen molar-refractivity contribution < 1.29 is 9.53 Å². The second-order valence-electron chi connectivity index (χ2n) is 7.23. The molecule has 5 rings (SSSR count). The number of fused-ring (bicyclic) bond motifs is 1. The maximum absolute atomic E-state index is 11.8. The van der Waals surface area contributed by atoms with Crippen LogP contribution in [-0.2, 0) is 11.3 Å². The quantitative estimate of drug-likeness (QED) is 0.380. The number of carbonyl (C=O) groups excluding carboxylic acids is 1. The Bertz CT molecular complexity index is 1380. The van der Waals surface area contributed by atoms with Gasteiger partial charge in [0.2, 0.25) is 0 Å². The molecule has 1 aliphatic rings. The first kappa shape index (κ1) is 20.8. The van der Waals surface area contributed by atoms with E-state index in [-0.39, 0.29) is 12.5 Å². The lowest BCUT2D eigenvalue weighted by Gasteiger charge is -2.19. The highest BCUT2D eigenvalue weighted by Crippen LogP contribution is 2.33. The SMILES string of the molecule is O=C1COc2ccc(-c3csc(=Nc4ccc(Cl)c(Cl)c4)n3Cc3ccccc3)cc2N1. The van der Waals surface area contributed by atoms with Gasteiger partial charge in [0.15, 0.2) is 11.4 Å². The zero-order chi connectivity index (χ0) is 22.1. The number of benzene rings is 3. The second-order valence-corrected chi connectivity index (χ2v) is 8.88. The van der Waals surface area contributed by atoms with E-state index in [1.807, 2.05) is 42.5 Å². The minimum Gasteiger partial charge on any atom is -0.482 e. The Morgan fingerprint density at radius 3 is 2.69 bits per heavy atom. The highest BCUT2D eigenvalue weighted by molar-refractivity contribution is 7.07. The van der Waals surface area contributed by atoms with Gasteiger partial charge in [-0.1, -0.05) is 53.5 Å². The van der Waals surface area contributed by atoms with E-state index in [1.165, 1.54) is 11.3 Å². The lowest BCUT2D eigenvalue weighted by atomic mass is 10.1. The van der Waals surface area contributed by atoms with Crippen molar-refractivity contribution in [1.29, 1.82) is 0 Å². The molecule has 0 saturated heterocycles. The summed E-state index contributed by atoms with van der Waals surface area (Å²) in [6, 6.07) is 21.3. The predicted molar refractivity (Wildman–Crippen MR) is 129 cm³/mol. The van der Waals surface area contributed by atoms with Crippen LogP contribution in [0.1, 0.15) is 5.56 Å². The molecule has 1 aliphatic heterocycles. The molecule has 2 heterocycles. The fraction of sp³-hybridized carbons (Fsp3) is 0.0833. The Labute approximate surface area is 198 Å². The molecule has 0 fully saturated rings. The lowest BCUT2D eigenvalue weighted by molar-refractivity contribution is -0.118. The third-order valence-electron chi connectivity index (χ3n) is 5.02. The fourth-order valence-electron chi connectivity index (χ4n) is 3.48. The molecule has 0 aliphatic carbocycles. The van der Waals surface area contributed by atoms with E-state index in [0.717, 1.165) is 27.3 Å². The van der Waals surface area contributed by atoms with Gasteiger partial charge in [0.25, 0.3) is 5.91 Å². The first-order valence-electron chi connectivity index (χ1n) is 9.86. The molecule has 0 unspecified atom stereocenters. The van der Waals surface area contributed by atoms with Gasteiger partial charge < -0.3 is 14.6 Å². The zero-order valence-electron chi connectivity index (χ0n) is 16.7. The van der Waals surface area contributed by atoms with Crippen molar-refractivity contribution in [3.05, 3.63) is 92.5 Å². The van der Waals surface area contributed by atoms with Crippen molar-refractivity contribution in [2.75, 3.05) is 11.9 Å². The molecule has 5 nitrogen and oxygen atoms in total. The Kier molecular flexibility index (Phi) is 5.74. The number of thiazole rings is 1. The van der Waals surface area contributed by atoms with E-state index in [4.69, 9.17) is 32.9 Å². The molecular formula is C24H17Cl2N3O2S. The van der Waals surface area contributed by atoms with Crippen LogP contribution >= 0.6 is 34.5 Å². The molecule has 32 heavy (non-hydrogen) atoms. The van der Waals surface area contributed by atoms with Gasteiger partial charge in [0, 0.05) is 10.9 Å². The van der Waals surface area contributed by atoms with Crippen LogP contribution in [0.5, 0.6) is 5.75 Å². The number of aromatic nitrogens is 1. The maximum Gasteiger partial charge on any atom is 0.262 e. The summed E-state index contributed by atoms with van der Waals surface area (Å²) in [4.78, 5) is 17.4. The van der Waals surface area contributed by atoms with Crippen LogP contribution in [0.3, 0.4) is 0 Å². The summed E-state index contributed by atoms with van der Waals surface area (Å²) in [5.74, 6) is 0.506. The summed E-state index contributed by atoms with van der Waals surface area (Å²) in [7, 11) is 0. The number of nitrogens with one attached hydrogen (secondary N) is 1. The van der Waals surface area contributed by atoms with Crippen molar-refractivity contribution in [3.63, 3.8) is 0 Å². The predicted octanol–water partition coefficient (Wildman–Crippen LogP) is 6.14.